The summed E-state index contributed by atoms with van der Waals surface area (Å²) < 4.78 is 95.4. The van der Waals surface area contributed by atoms with E-state index in [1.165, 1.54) is 12.1 Å². The van der Waals surface area contributed by atoms with E-state index in [-0.39, 0.29) is 12.5 Å². The van der Waals surface area contributed by atoms with E-state index in [1.807, 2.05) is 0 Å². The van der Waals surface area contributed by atoms with Crippen molar-refractivity contribution in [1.29, 1.82) is 0 Å². The highest BCUT2D eigenvalue weighted by Gasteiger charge is 2.51. The molecule has 11 heteroatoms. The van der Waals surface area contributed by atoms with E-state index in [2.05, 4.69) is 4.18 Å². The van der Waals surface area contributed by atoms with Crippen molar-refractivity contribution in [3.63, 3.8) is 0 Å². The number of hydrogen-bond acceptors (Lipinski definition) is 5. The lowest BCUT2D eigenvalue weighted by molar-refractivity contribution is -0.113. The van der Waals surface area contributed by atoms with Crippen molar-refractivity contribution in [2.45, 2.75) is 24.1 Å². The SMILES string of the molecule is CN1OC[C@@H](S(=O)(=O)Oc2c(F)c(F)c(F)c(F)c2F)[C@@H]1C1CC1. The maximum atomic E-state index is 13.6. The highest BCUT2D eigenvalue weighted by Crippen LogP contribution is 2.41. The van der Waals surface area contributed by atoms with E-state index in [0.717, 1.165) is 12.8 Å². The normalized spacial score (nSPS) is 25.2. The van der Waals surface area contributed by atoms with Gasteiger partial charge in [0, 0.05) is 7.05 Å². The van der Waals surface area contributed by atoms with Crippen LogP contribution in [0, 0.1) is 35.0 Å². The van der Waals surface area contributed by atoms with Crippen LogP contribution in [0.2, 0.25) is 0 Å². The van der Waals surface area contributed by atoms with Crippen molar-refractivity contribution in [2.24, 2.45) is 5.92 Å². The maximum absolute atomic E-state index is 13.6. The van der Waals surface area contributed by atoms with Gasteiger partial charge < -0.3 is 4.18 Å². The smallest absolute Gasteiger partial charge is 0.316 e. The van der Waals surface area contributed by atoms with Crippen LogP contribution in [0.25, 0.3) is 0 Å². The fourth-order valence-corrected chi connectivity index (χ4v) is 4.20. The van der Waals surface area contributed by atoms with Gasteiger partial charge in [0.2, 0.25) is 34.8 Å². The molecule has 24 heavy (non-hydrogen) atoms. The predicted molar refractivity (Wildman–Crippen MR) is 69.8 cm³/mol. The Morgan fingerprint density at radius 1 is 1.00 bits per heavy atom. The van der Waals surface area contributed by atoms with Crippen LogP contribution in [0.1, 0.15) is 12.8 Å². The van der Waals surface area contributed by atoms with Crippen LogP contribution in [-0.2, 0) is 15.0 Å². The molecule has 0 N–H and O–H groups in total. The Morgan fingerprint density at radius 2 is 1.50 bits per heavy atom. The molecule has 5 nitrogen and oxygen atoms in total. The van der Waals surface area contributed by atoms with Crippen molar-refractivity contribution in [2.75, 3.05) is 13.7 Å². The first kappa shape index (κ1) is 17.4. The van der Waals surface area contributed by atoms with Gasteiger partial charge in [0.25, 0.3) is 0 Å². The Kier molecular flexibility index (Phi) is 4.21. The summed E-state index contributed by atoms with van der Waals surface area (Å²) in [5.74, 6) is -13.5. The van der Waals surface area contributed by atoms with E-state index in [0.29, 0.717) is 0 Å². The molecule has 1 saturated heterocycles. The maximum Gasteiger partial charge on any atom is 0.316 e. The molecule has 1 aromatic carbocycles. The minimum absolute atomic E-state index is 0.00254. The highest BCUT2D eigenvalue weighted by molar-refractivity contribution is 7.87. The second-order valence-electron chi connectivity index (χ2n) is 5.68. The Morgan fingerprint density at radius 3 is 2.00 bits per heavy atom. The number of nitrogens with zero attached hydrogens (tertiary/aromatic N) is 1. The third-order valence-electron chi connectivity index (χ3n) is 4.09. The number of hydroxylamine groups is 2. The molecule has 1 aliphatic carbocycles. The molecular formula is C13H12F5NO4S. The molecule has 0 unspecified atom stereocenters. The molecule has 1 aromatic rings. The zero-order valence-corrected chi connectivity index (χ0v) is 13.0. The van der Waals surface area contributed by atoms with E-state index in [9.17, 15) is 30.4 Å². The van der Waals surface area contributed by atoms with Gasteiger partial charge in [0.15, 0.2) is 0 Å². The van der Waals surface area contributed by atoms with Crippen LogP contribution in [0.15, 0.2) is 0 Å². The zero-order chi connectivity index (χ0) is 17.8. The number of benzene rings is 1. The molecule has 1 aliphatic heterocycles. The lowest BCUT2D eigenvalue weighted by Gasteiger charge is -2.22. The fraction of sp³-hybridized carbons (Fsp3) is 0.538. The monoisotopic (exact) mass is 373 g/mol. The molecule has 134 valence electrons. The summed E-state index contributed by atoms with van der Waals surface area (Å²) in [6.45, 7) is -0.338. The van der Waals surface area contributed by atoms with Crippen LogP contribution in [0.3, 0.4) is 0 Å². The lowest BCUT2D eigenvalue weighted by Crippen LogP contribution is -2.41. The molecule has 0 aromatic heterocycles. The van der Waals surface area contributed by atoms with Gasteiger partial charge in [-0.2, -0.15) is 22.3 Å². The first-order chi connectivity index (χ1) is 11.1. The van der Waals surface area contributed by atoms with Gasteiger partial charge in [0.05, 0.1) is 12.6 Å². The van der Waals surface area contributed by atoms with Gasteiger partial charge in [-0.25, -0.2) is 13.2 Å². The summed E-state index contributed by atoms with van der Waals surface area (Å²) in [5, 5.41) is 0.00638. The van der Waals surface area contributed by atoms with E-state index >= 15 is 0 Å². The van der Waals surface area contributed by atoms with Gasteiger partial charge in [-0.05, 0) is 18.8 Å². The molecule has 0 spiro atoms. The van der Waals surface area contributed by atoms with Crippen LogP contribution in [0.4, 0.5) is 22.0 Å². The average molecular weight is 373 g/mol. The molecule has 2 fully saturated rings. The van der Waals surface area contributed by atoms with Crippen LogP contribution in [0.5, 0.6) is 5.75 Å². The van der Waals surface area contributed by atoms with Crippen molar-refractivity contribution in [3.05, 3.63) is 29.1 Å². The summed E-state index contributed by atoms with van der Waals surface area (Å²) in [6.07, 6.45) is 1.49. The molecule has 0 radical (unpaired) electrons. The van der Waals surface area contributed by atoms with E-state index < -0.39 is 56.2 Å². The quantitative estimate of drug-likeness (QED) is 0.350. The number of rotatable bonds is 4. The Balaban J connectivity index is 1.96. The second kappa shape index (κ2) is 5.81. The summed E-state index contributed by atoms with van der Waals surface area (Å²) in [5.41, 5.74) is 0. The molecular weight excluding hydrogens is 361 g/mol. The first-order valence-electron chi connectivity index (χ1n) is 6.95. The topological polar surface area (TPSA) is 55.8 Å². The molecule has 2 aliphatic rings. The summed E-state index contributed by atoms with van der Waals surface area (Å²) >= 11 is 0. The van der Waals surface area contributed by atoms with Crippen molar-refractivity contribution in [3.8, 4) is 5.75 Å². The van der Waals surface area contributed by atoms with Crippen LogP contribution < -0.4 is 4.18 Å². The molecule has 0 bridgehead atoms. The highest BCUT2D eigenvalue weighted by atomic mass is 32.2. The summed E-state index contributed by atoms with van der Waals surface area (Å²) in [4.78, 5) is 5.11. The largest absolute Gasteiger partial charge is 0.376 e. The predicted octanol–water partition coefficient (Wildman–Crippen LogP) is 2.11. The van der Waals surface area contributed by atoms with Crippen LogP contribution in [-0.4, -0.2) is 38.4 Å². The molecule has 2 atom stereocenters. The number of halogens is 5. The third kappa shape index (κ3) is 2.74. The second-order valence-corrected chi connectivity index (χ2v) is 7.44. The Hall–Kier alpha value is -1.46. The Labute approximate surface area is 134 Å². The van der Waals surface area contributed by atoms with Gasteiger partial charge in [-0.3, -0.25) is 4.84 Å². The summed E-state index contributed by atoms with van der Waals surface area (Å²) in [7, 11) is -3.20. The molecule has 0 amide bonds. The standard InChI is InChI=1S/C13H12F5NO4S/c1-19-12(5-2-3-5)6(4-22-19)24(20,21)23-13-10(17)8(15)7(14)9(16)11(13)18/h5-6,12H,2-4H2,1H3/t6-,12+/m1/s1. The molecule has 1 saturated carbocycles. The van der Waals surface area contributed by atoms with E-state index in [4.69, 9.17) is 4.84 Å². The van der Waals surface area contributed by atoms with Gasteiger partial charge in [-0.1, -0.05) is 0 Å². The lowest BCUT2D eigenvalue weighted by atomic mass is 10.1. The van der Waals surface area contributed by atoms with Crippen molar-refractivity contribution >= 4 is 10.1 Å². The minimum atomic E-state index is -4.69. The van der Waals surface area contributed by atoms with Crippen LogP contribution >= 0.6 is 0 Å². The van der Waals surface area contributed by atoms with Crippen molar-refractivity contribution in [1.82, 2.24) is 5.06 Å². The summed E-state index contributed by atoms with van der Waals surface area (Å²) in [6, 6.07) is -0.615. The van der Waals surface area contributed by atoms with E-state index in [1.54, 1.807) is 0 Å². The molecule has 1 heterocycles. The molecule has 3 rings (SSSR count). The number of hydrogen-bond donors (Lipinski definition) is 0. The van der Waals surface area contributed by atoms with Crippen molar-refractivity contribution < 1.29 is 39.4 Å². The van der Waals surface area contributed by atoms with Gasteiger partial charge >= 0.3 is 10.1 Å². The third-order valence-corrected chi connectivity index (χ3v) is 5.64. The Bertz CT molecular complexity index is 754. The zero-order valence-electron chi connectivity index (χ0n) is 12.2. The average Bonchev–Trinajstić information content (AvgIpc) is 3.29. The van der Waals surface area contributed by atoms with Gasteiger partial charge in [0.1, 0.15) is 5.25 Å². The first-order valence-corrected chi connectivity index (χ1v) is 8.42. The van der Waals surface area contributed by atoms with Gasteiger partial charge in [-0.15, -0.1) is 0 Å². The fourth-order valence-electron chi connectivity index (χ4n) is 2.74. The minimum Gasteiger partial charge on any atom is -0.376 e.